The Morgan fingerprint density at radius 3 is 2.27 bits per heavy atom. The Bertz CT molecular complexity index is 243. The van der Waals surface area contributed by atoms with E-state index in [0.717, 1.165) is 19.3 Å². The number of carbonyl (C=O) groups is 2. The van der Waals surface area contributed by atoms with E-state index in [2.05, 4.69) is 0 Å². The first-order valence-electron chi connectivity index (χ1n) is 5.22. The van der Waals surface area contributed by atoms with Gasteiger partial charge in [-0.1, -0.05) is 25.8 Å². The van der Waals surface area contributed by atoms with Crippen LogP contribution in [0.25, 0.3) is 0 Å². The molecule has 0 aromatic rings. The molecule has 0 aliphatic carbocycles. The zero-order valence-electron chi connectivity index (χ0n) is 9.03. The zero-order valence-corrected chi connectivity index (χ0v) is 9.03. The summed E-state index contributed by atoms with van der Waals surface area (Å²) in [6.45, 7) is 2.04. The molecule has 0 rings (SSSR count). The Balaban J connectivity index is 3.98. The molecule has 4 heteroatoms. The van der Waals surface area contributed by atoms with E-state index in [1.807, 2.05) is 6.92 Å². The monoisotopic (exact) mass is 214 g/mol. The van der Waals surface area contributed by atoms with Crippen LogP contribution in [-0.4, -0.2) is 22.2 Å². The Labute approximate surface area is 89.6 Å². The average molecular weight is 214 g/mol. The lowest BCUT2D eigenvalue weighted by molar-refractivity contribution is -0.137. The summed E-state index contributed by atoms with van der Waals surface area (Å²) in [5, 5.41) is 17.2. The standard InChI is InChI=1S/C11H18O4/c1-2-3-4-6-9(11(14)15)7-5-8-10(12)13/h6H,2-5,7-8H2,1H3,(H,12,13)(H,14,15). The first-order valence-corrected chi connectivity index (χ1v) is 5.22. The molecule has 0 unspecified atom stereocenters. The van der Waals surface area contributed by atoms with Gasteiger partial charge in [0.1, 0.15) is 0 Å². The molecule has 0 spiro atoms. The van der Waals surface area contributed by atoms with Crippen LogP contribution in [0.4, 0.5) is 0 Å². The number of aliphatic carboxylic acids is 2. The molecule has 0 saturated carbocycles. The fourth-order valence-corrected chi connectivity index (χ4v) is 1.21. The fraction of sp³-hybridized carbons (Fsp3) is 0.636. The number of carboxylic acids is 2. The molecule has 0 aliphatic heterocycles. The summed E-state index contributed by atoms with van der Waals surface area (Å²) in [5.74, 6) is -1.82. The molecule has 0 aromatic carbocycles. The van der Waals surface area contributed by atoms with Crippen molar-refractivity contribution in [3.05, 3.63) is 11.6 Å². The maximum Gasteiger partial charge on any atom is 0.331 e. The SMILES string of the molecule is CCCCC=C(CCCC(=O)O)C(=O)O. The van der Waals surface area contributed by atoms with Crippen molar-refractivity contribution in [2.45, 2.75) is 45.4 Å². The van der Waals surface area contributed by atoms with E-state index in [0.29, 0.717) is 18.4 Å². The third-order valence-corrected chi connectivity index (χ3v) is 2.06. The van der Waals surface area contributed by atoms with Gasteiger partial charge in [-0.05, 0) is 19.3 Å². The van der Waals surface area contributed by atoms with Crippen molar-refractivity contribution >= 4 is 11.9 Å². The molecule has 0 aromatic heterocycles. The molecule has 0 amide bonds. The topological polar surface area (TPSA) is 74.6 Å². The summed E-state index contributed by atoms with van der Waals surface area (Å²) < 4.78 is 0. The Kier molecular flexibility index (Phi) is 7.32. The summed E-state index contributed by atoms with van der Waals surface area (Å²) in [7, 11) is 0. The number of hydrogen-bond acceptors (Lipinski definition) is 2. The quantitative estimate of drug-likeness (QED) is 0.480. The Morgan fingerprint density at radius 2 is 1.80 bits per heavy atom. The molecule has 0 radical (unpaired) electrons. The normalized spacial score (nSPS) is 11.4. The van der Waals surface area contributed by atoms with Crippen LogP contribution in [-0.2, 0) is 9.59 Å². The predicted octanol–water partition coefficient (Wildman–Crippen LogP) is 2.44. The molecule has 0 fully saturated rings. The molecule has 0 heterocycles. The maximum absolute atomic E-state index is 10.8. The van der Waals surface area contributed by atoms with Crippen molar-refractivity contribution in [3.8, 4) is 0 Å². The lowest BCUT2D eigenvalue weighted by Gasteiger charge is -2.01. The second-order valence-corrected chi connectivity index (χ2v) is 3.42. The molecule has 2 N–H and O–H groups in total. The molecule has 0 aliphatic rings. The highest BCUT2D eigenvalue weighted by molar-refractivity contribution is 5.86. The van der Waals surface area contributed by atoms with E-state index < -0.39 is 11.9 Å². The van der Waals surface area contributed by atoms with E-state index in [-0.39, 0.29) is 6.42 Å². The van der Waals surface area contributed by atoms with Gasteiger partial charge in [-0.25, -0.2) is 4.79 Å². The van der Waals surface area contributed by atoms with Gasteiger partial charge < -0.3 is 10.2 Å². The minimum absolute atomic E-state index is 0.0262. The van der Waals surface area contributed by atoms with E-state index in [9.17, 15) is 9.59 Å². The molecular formula is C11H18O4. The van der Waals surface area contributed by atoms with Gasteiger partial charge in [0.05, 0.1) is 0 Å². The molecule has 0 saturated heterocycles. The summed E-state index contributed by atoms with van der Waals surface area (Å²) in [4.78, 5) is 21.0. The van der Waals surface area contributed by atoms with Crippen molar-refractivity contribution < 1.29 is 19.8 Å². The molecule has 4 nitrogen and oxygen atoms in total. The van der Waals surface area contributed by atoms with Crippen LogP contribution in [0, 0.1) is 0 Å². The largest absolute Gasteiger partial charge is 0.481 e. The first-order chi connectivity index (χ1) is 7.07. The van der Waals surface area contributed by atoms with Crippen molar-refractivity contribution in [1.82, 2.24) is 0 Å². The van der Waals surface area contributed by atoms with Crippen LogP contribution in [0.5, 0.6) is 0 Å². The first kappa shape index (κ1) is 13.7. The van der Waals surface area contributed by atoms with Gasteiger partial charge in [-0.15, -0.1) is 0 Å². The highest BCUT2D eigenvalue weighted by Gasteiger charge is 2.07. The third kappa shape index (κ3) is 7.73. The zero-order chi connectivity index (χ0) is 11.7. The summed E-state index contributed by atoms with van der Waals surface area (Å²) in [5.41, 5.74) is 0.338. The van der Waals surface area contributed by atoms with E-state index in [1.165, 1.54) is 0 Å². The molecule has 0 atom stereocenters. The molecular weight excluding hydrogens is 196 g/mol. The van der Waals surface area contributed by atoms with E-state index in [1.54, 1.807) is 6.08 Å². The van der Waals surface area contributed by atoms with Gasteiger partial charge in [0.2, 0.25) is 0 Å². The van der Waals surface area contributed by atoms with Gasteiger partial charge in [0.25, 0.3) is 0 Å². The second kappa shape index (κ2) is 8.03. The minimum atomic E-state index is -0.934. The Morgan fingerprint density at radius 1 is 1.13 bits per heavy atom. The summed E-state index contributed by atoms with van der Waals surface area (Å²) in [6, 6.07) is 0. The van der Waals surface area contributed by atoms with Crippen LogP contribution in [0.1, 0.15) is 45.4 Å². The van der Waals surface area contributed by atoms with Gasteiger partial charge in [0, 0.05) is 12.0 Å². The van der Waals surface area contributed by atoms with Crippen LogP contribution < -0.4 is 0 Å². The Hall–Kier alpha value is -1.32. The van der Waals surface area contributed by atoms with Crippen LogP contribution in [0.3, 0.4) is 0 Å². The van der Waals surface area contributed by atoms with Crippen LogP contribution in [0.15, 0.2) is 11.6 Å². The van der Waals surface area contributed by atoms with Gasteiger partial charge in [-0.2, -0.15) is 0 Å². The third-order valence-electron chi connectivity index (χ3n) is 2.06. The highest BCUT2D eigenvalue weighted by atomic mass is 16.4. The highest BCUT2D eigenvalue weighted by Crippen LogP contribution is 2.10. The van der Waals surface area contributed by atoms with Crippen molar-refractivity contribution in [2.24, 2.45) is 0 Å². The van der Waals surface area contributed by atoms with Crippen LogP contribution >= 0.6 is 0 Å². The number of hydrogen-bond donors (Lipinski definition) is 2. The van der Waals surface area contributed by atoms with E-state index >= 15 is 0 Å². The van der Waals surface area contributed by atoms with Crippen molar-refractivity contribution in [3.63, 3.8) is 0 Å². The number of allylic oxidation sites excluding steroid dienone is 1. The van der Waals surface area contributed by atoms with Gasteiger partial charge >= 0.3 is 11.9 Å². The second-order valence-electron chi connectivity index (χ2n) is 3.42. The van der Waals surface area contributed by atoms with Crippen LogP contribution in [0.2, 0.25) is 0 Å². The van der Waals surface area contributed by atoms with Gasteiger partial charge in [-0.3, -0.25) is 4.79 Å². The average Bonchev–Trinajstić information content (AvgIpc) is 2.15. The van der Waals surface area contributed by atoms with Crippen molar-refractivity contribution in [2.75, 3.05) is 0 Å². The minimum Gasteiger partial charge on any atom is -0.481 e. The van der Waals surface area contributed by atoms with E-state index in [4.69, 9.17) is 10.2 Å². The lowest BCUT2D eigenvalue weighted by atomic mass is 10.1. The number of carboxylic acid groups (broad SMARTS) is 2. The molecule has 0 bridgehead atoms. The molecule has 86 valence electrons. The molecule has 15 heavy (non-hydrogen) atoms. The predicted molar refractivity (Wildman–Crippen MR) is 56.7 cm³/mol. The lowest BCUT2D eigenvalue weighted by Crippen LogP contribution is -2.02. The fourth-order valence-electron chi connectivity index (χ4n) is 1.21. The summed E-state index contributed by atoms with van der Waals surface area (Å²) >= 11 is 0. The maximum atomic E-state index is 10.8. The number of rotatable bonds is 8. The summed E-state index contributed by atoms with van der Waals surface area (Å²) in [6.07, 6.45) is 5.20. The smallest absolute Gasteiger partial charge is 0.331 e. The van der Waals surface area contributed by atoms with Gasteiger partial charge in [0.15, 0.2) is 0 Å². The van der Waals surface area contributed by atoms with Crippen molar-refractivity contribution in [1.29, 1.82) is 0 Å². The number of unbranched alkanes of at least 4 members (excludes halogenated alkanes) is 2.